The Morgan fingerprint density at radius 1 is 0.810 bits per heavy atom. The van der Waals surface area contributed by atoms with E-state index in [1.807, 2.05) is 78.9 Å². The standard InChI is InChI=1S/C35H42N4O3/c1-37-33(41)30(24-26-12-6-4-7-13-26)39(3)34(42)31(38(2)32(40)16-10-21-35(36)22-11-23-35)25-27-17-19-29(20-18-27)28-14-8-5-9-15-28/h4-10,12-20,30-31H,11,21-25,36H2,1-3H3,(H,37,41)/t30-,31-/m0/s1. The highest BCUT2D eigenvalue weighted by molar-refractivity contribution is 5.95. The van der Waals surface area contributed by atoms with E-state index in [0.29, 0.717) is 19.3 Å². The topological polar surface area (TPSA) is 95.7 Å². The Hall–Kier alpha value is -4.23. The molecule has 3 N–H and O–H groups in total. The van der Waals surface area contributed by atoms with E-state index in [0.717, 1.165) is 41.5 Å². The van der Waals surface area contributed by atoms with Crippen molar-refractivity contribution >= 4 is 17.7 Å². The average molecular weight is 567 g/mol. The van der Waals surface area contributed by atoms with Crippen molar-refractivity contribution in [2.24, 2.45) is 5.73 Å². The average Bonchev–Trinajstić information content (AvgIpc) is 3.01. The van der Waals surface area contributed by atoms with Crippen LogP contribution in [0.1, 0.15) is 36.8 Å². The van der Waals surface area contributed by atoms with Gasteiger partial charge in [0, 0.05) is 39.5 Å². The molecule has 0 aromatic heterocycles. The molecule has 1 fully saturated rings. The fourth-order valence-electron chi connectivity index (χ4n) is 5.38. The summed E-state index contributed by atoms with van der Waals surface area (Å²) in [5, 5.41) is 2.70. The zero-order chi connectivity index (χ0) is 30.1. The van der Waals surface area contributed by atoms with Crippen molar-refractivity contribution in [1.29, 1.82) is 0 Å². The molecular formula is C35H42N4O3. The van der Waals surface area contributed by atoms with E-state index in [-0.39, 0.29) is 23.3 Å². The number of likely N-dealkylation sites (N-methyl/N-ethyl adjacent to an activating group) is 3. The van der Waals surface area contributed by atoms with E-state index in [9.17, 15) is 14.4 Å². The lowest BCUT2D eigenvalue weighted by molar-refractivity contribution is -0.146. The van der Waals surface area contributed by atoms with Gasteiger partial charge in [-0.25, -0.2) is 0 Å². The summed E-state index contributed by atoms with van der Waals surface area (Å²) in [7, 11) is 4.85. The minimum absolute atomic E-state index is 0.233. The number of carbonyl (C=O) groups excluding carboxylic acids is 3. The summed E-state index contributed by atoms with van der Waals surface area (Å²) in [6, 6.07) is 26.2. The molecule has 0 saturated heterocycles. The molecule has 2 atom stereocenters. The molecule has 1 aliphatic rings. The van der Waals surface area contributed by atoms with Gasteiger partial charge in [-0.3, -0.25) is 14.4 Å². The van der Waals surface area contributed by atoms with Gasteiger partial charge in [-0.05, 0) is 54.0 Å². The molecule has 220 valence electrons. The third-order valence-electron chi connectivity index (χ3n) is 8.36. The normalized spacial score (nSPS) is 15.3. The highest BCUT2D eigenvalue weighted by atomic mass is 16.2. The first-order valence-electron chi connectivity index (χ1n) is 14.6. The lowest BCUT2D eigenvalue weighted by Gasteiger charge is -2.37. The van der Waals surface area contributed by atoms with Gasteiger partial charge in [-0.15, -0.1) is 0 Å². The predicted octanol–water partition coefficient (Wildman–Crippen LogP) is 4.37. The maximum absolute atomic E-state index is 14.1. The smallest absolute Gasteiger partial charge is 0.246 e. The van der Waals surface area contributed by atoms with Crippen LogP contribution in [0.4, 0.5) is 0 Å². The summed E-state index contributed by atoms with van der Waals surface area (Å²) < 4.78 is 0. The number of amides is 3. The summed E-state index contributed by atoms with van der Waals surface area (Å²) in [6.45, 7) is 0. The summed E-state index contributed by atoms with van der Waals surface area (Å²) >= 11 is 0. The summed E-state index contributed by atoms with van der Waals surface area (Å²) in [6.07, 6.45) is 7.65. The second-order valence-electron chi connectivity index (χ2n) is 11.3. The monoisotopic (exact) mass is 566 g/mol. The van der Waals surface area contributed by atoms with E-state index in [1.54, 1.807) is 21.1 Å². The fourth-order valence-corrected chi connectivity index (χ4v) is 5.38. The molecule has 0 heterocycles. The van der Waals surface area contributed by atoms with Gasteiger partial charge in [0.05, 0.1) is 0 Å². The molecule has 0 bridgehead atoms. The number of nitrogens with zero attached hydrogens (tertiary/aromatic N) is 2. The van der Waals surface area contributed by atoms with Crippen LogP contribution in [0.3, 0.4) is 0 Å². The number of benzene rings is 3. The van der Waals surface area contributed by atoms with Crippen molar-refractivity contribution in [3.63, 3.8) is 0 Å². The van der Waals surface area contributed by atoms with Crippen LogP contribution in [0.2, 0.25) is 0 Å². The summed E-state index contributed by atoms with van der Waals surface area (Å²) in [5.74, 6) is -0.835. The third kappa shape index (κ3) is 7.74. The molecule has 3 aromatic carbocycles. The van der Waals surface area contributed by atoms with E-state index >= 15 is 0 Å². The van der Waals surface area contributed by atoms with Gasteiger partial charge in [-0.2, -0.15) is 0 Å². The van der Waals surface area contributed by atoms with Crippen LogP contribution < -0.4 is 11.1 Å². The van der Waals surface area contributed by atoms with Crippen molar-refractivity contribution < 1.29 is 14.4 Å². The summed E-state index contributed by atoms with van der Waals surface area (Å²) in [5.41, 5.74) is 10.1. The quantitative estimate of drug-likeness (QED) is 0.319. The van der Waals surface area contributed by atoms with Gasteiger partial charge >= 0.3 is 0 Å². The Bertz CT molecular complexity index is 1370. The van der Waals surface area contributed by atoms with E-state index < -0.39 is 12.1 Å². The summed E-state index contributed by atoms with van der Waals surface area (Å²) in [4.78, 5) is 43.4. The molecule has 0 unspecified atom stereocenters. The number of hydrogen-bond acceptors (Lipinski definition) is 4. The Morgan fingerprint density at radius 3 is 1.93 bits per heavy atom. The van der Waals surface area contributed by atoms with Crippen LogP contribution in [-0.2, 0) is 27.2 Å². The number of rotatable bonds is 12. The SMILES string of the molecule is CNC(=O)[C@H](Cc1ccccc1)N(C)C(=O)[C@H](Cc1ccc(-c2ccccc2)cc1)N(C)C(=O)C=CCC1(N)CCC1. The van der Waals surface area contributed by atoms with Gasteiger partial charge < -0.3 is 20.9 Å². The molecular weight excluding hydrogens is 524 g/mol. The maximum Gasteiger partial charge on any atom is 0.246 e. The second kappa shape index (κ2) is 14.1. The van der Waals surface area contributed by atoms with Crippen LogP contribution in [0.5, 0.6) is 0 Å². The molecule has 1 aliphatic carbocycles. The number of nitrogens with one attached hydrogen (secondary N) is 1. The first-order valence-corrected chi connectivity index (χ1v) is 14.6. The molecule has 1 saturated carbocycles. The largest absolute Gasteiger partial charge is 0.357 e. The van der Waals surface area contributed by atoms with E-state index in [4.69, 9.17) is 5.73 Å². The zero-order valence-electron chi connectivity index (χ0n) is 24.8. The van der Waals surface area contributed by atoms with E-state index in [2.05, 4.69) is 17.4 Å². The first kappa shape index (κ1) is 30.7. The molecule has 7 nitrogen and oxygen atoms in total. The van der Waals surface area contributed by atoms with Crippen LogP contribution in [0.25, 0.3) is 11.1 Å². The Kier molecular flexibility index (Phi) is 10.3. The highest BCUT2D eigenvalue weighted by Crippen LogP contribution is 2.32. The van der Waals surface area contributed by atoms with Gasteiger partial charge in [-0.1, -0.05) is 91.0 Å². The van der Waals surface area contributed by atoms with Gasteiger partial charge in [0.2, 0.25) is 17.7 Å². The minimum atomic E-state index is -0.812. The molecule has 0 spiro atoms. The molecule has 0 radical (unpaired) electrons. The van der Waals surface area contributed by atoms with Gasteiger partial charge in [0.15, 0.2) is 0 Å². The molecule has 0 aliphatic heterocycles. The Labute approximate surface area is 249 Å². The van der Waals surface area contributed by atoms with Crippen molar-refractivity contribution in [1.82, 2.24) is 15.1 Å². The second-order valence-corrected chi connectivity index (χ2v) is 11.3. The van der Waals surface area contributed by atoms with Gasteiger partial charge in [0.1, 0.15) is 12.1 Å². The van der Waals surface area contributed by atoms with Crippen molar-refractivity contribution in [2.45, 2.75) is 56.1 Å². The Balaban J connectivity index is 1.58. The molecule has 7 heteroatoms. The molecule has 3 aromatic rings. The first-order chi connectivity index (χ1) is 20.2. The van der Waals surface area contributed by atoms with Crippen molar-refractivity contribution in [3.05, 3.63) is 108 Å². The van der Waals surface area contributed by atoms with Crippen LogP contribution in [-0.4, -0.2) is 66.3 Å². The molecule has 4 rings (SSSR count). The van der Waals surface area contributed by atoms with Crippen LogP contribution in [0.15, 0.2) is 97.1 Å². The minimum Gasteiger partial charge on any atom is -0.357 e. The highest BCUT2D eigenvalue weighted by Gasteiger charge is 2.35. The van der Waals surface area contributed by atoms with Crippen molar-refractivity contribution in [2.75, 3.05) is 21.1 Å². The predicted molar refractivity (Wildman–Crippen MR) is 167 cm³/mol. The molecule has 3 amide bonds. The lowest BCUT2D eigenvalue weighted by Crippen LogP contribution is -2.55. The maximum atomic E-state index is 14.1. The van der Waals surface area contributed by atoms with Crippen LogP contribution in [0, 0.1) is 0 Å². The number of carbonyl (C=O) groups is 3. The number of nitrogens with two attached hydrogens (primary N) is 1. The number of hydrogen-bond donors (Lipinski definition) is 2. The molecule has 42 heavy (non-hydrogen) atoms. The Morgan fingerprint density at radius 2 is 1.36 bits per heavy atom. The van der Waals surface area contributed by atoms with Crippen molar-refractivity contribution in [3.8, 4) is 11.1 Å². The fraction of sp³-hybridized carbons (Fsp3) is 0.343. The zero-order valence-corrected chi connectivity index (χ0v) is 24.8. The third-order valence-corrected chi connectivity index (χ3v) is 8.36. The van der Waals surface area contributed by atoms with Crippen LogP contribution >= 0.6 is 0 Å². The van der Waals surface area contributed by atoms with E-state index in [1.165, 1.54) is 15.9 Å². The lowest BCUT2D eigenvalue weighted by atomic mass is 9.75. The van der Waals surface area contributed by atoms with Gasteiger partial charge in [0.25, 0.3) is 0 Å².